The number of aromatic nitrogens is 2. The van der Waals surface area contributed by atoms with E-state index in [1.54, 1.807) is 0 Å². The van der Waals surface area contributed by atoms with Gasteiger partial charge in [0.05, 0.1) is 45.1 Å². The zero-order chi connectivity index (χ0) is 33.1. The van der Waals surface area contributed by atoms with Crippen molar-refractivity contribution in [2.45, 2.75) is 0 Å². The molecule has 0 aliphatic carbocycles. The van der Waals surface area contributed by atoms with E-state index >= 15 is 0 Å². The zero-order valence-electron chi connectivity index (χ0n) is 26.3. The van der Waals surface area contributed by atoms with Gasteiger partial charge < -0.3 is 18.0 Å². The van der Waals surface area contributed by atoms with Crippen LogP contribution in [0.3, 0.4) is 0 Å². The Bertz CT molecular complexity index is 3150. The van der Waals surface area contributed by atoms with Gasteiger partial charge in [-0.05, 0) is 60.7 Å². The largest absolute Gasteiger partial charge is 0.456 e. The van der Waals surface area contributed by atoms with Crippen molar-refractivity contribution in [1.82, 2.24) is 9.13 Å². The predicted molar refractivity (Wildman–Crippen MR) is 199 cm³/mol. The Labute approximate surface area is 283 Å². The smallest absolute Gasteiger partial charge is 0.136 e. The Morgan fingerprint density at radius 2 is 0.820 bits per heavy atom. The fourth-order valence-corrected chi connectivity index (χ4v) is 8.04. The lowest BCUT2D eigenvalue weighted by Gasteiger charge is -2.16. The standard InChI is InChI=1S/C44H22N4O2/c45-23-25-17-37(47-35-13-5-1-9-26(35)30-21-43-32(19-39(30)47)28-11-3-7-15-41(28)49-43)34(24-46)38(18-25)48-36-14-6-2-10-27(36)31-22-44-33(20-40(31)48)29-12-4-8-16-42(29)50-44/h1-22H. The van der Waals surface area contributed by atoms with Gasteiger partial charge in [-0.2, -0.15) is 10.5 Å². The summed E-state index contributed by atoms with van der Waals surface area (Å²) < 4.78 is 16.8. The topological polar surface area (TPSA) is 83.7 Å². The van der Waals surface area contributed by atoms with E-state index in [9.17, 15) is 10.5 Å². The van der Waals surface area contributed by atoms with Crippen LogP contribution in [0.5, 0.6) is 0 Å². The van der Waals surface area contributed by atoms with E-state index in [-0.39, 0.29) is 0 Å². The summed E-state index contributed by atoms with van der Waals surface area (Å²) in [5.41, 5.74) is 9.17. The highest BCUT2D eigenvalue weighted by Gasteiger charge is 2.24. The van der Waals surface area contributed by atoms with Gasteiger partial charge in [0.2, 0.25) is 0 Å². The molecule has 0 bridgehead atoms. The van der Waals surface area contributed by atoms with E-state index in [0.29, 0.717) is 22.5 Å². The van der Waals surface area contributed by atoms with Crippen molar-refractivity contribution < 1.29 is 8.83 Å². The number of hydrogen-bond donors (Lipinski definition) is 0. The SMILES string of the molecule is N#Cc1cc(-n2c3ccccc3c3cc4oc5ccccc5c4cc32)c(C#N)c(-n2c3ccccc3c3cc4oc5ccccc5c4cc32)c1. The number of nitriles is 2. The quantitative estimate of drug-likeness (QED) is 0.189. The van der Waals surface area contributed by atoms with Crippen molar-refractivity contribution in [3.05, 3.63) is 145 Å². The highest BCUT2D eigenvalue weighted by molar-refractivity contribution is 6.19. The molecule has 0 amide bonds. The number of hydrogen-bond acceptors (Lipinski definition) is 4. The molecule has 6 nitrogen and oxygen atoms in total. The second-order valence-electron chi connectivity index (χ2n) is 12.7. The molecule has 6 heteroatoms. The molecule has 0 saturated heterocycles. The average Bonchev–Trinajstić information content (AvgIpc) is 3.89. The Kier molecular flexibility index (Phi) is 5.16. The Hall–Kier alpha value is -7.28. The van der Waals surface area contributed by atoms with Gasteiger partial charge in [0.15, 0.2) is 0 Å². The van der Waals surface area contributed by atoms with Crippen LogP contribution in [0, 0.1) is 22.7 Å². The number of para-hydroxylation sites is 4. The molecule has 0 atom stereocenters. The predicted octanol–water partition coefficient (Wildman–Crippen LogP) is 11.4. The molecule has 0 aliphatic rings. The van der Waals surface area contributed by atoms with Gasteiger partial charge in [0, 0.05) is 43.1 Å². The lowest BCUT2D eigenvalue weighted by atomic mass is 10.1. The van der Waals surface area contributed by atoms with E-state index in [0.717, 1.165) is 87.5 Å². The molecule has 7 aromatic carbocycles. The highest BCUT2D eigenvalue weighted by atomic mass is 16.3. The lowest BCUT2D eigenvalue weighted by molar-refractivity contribution is 0.669. The van der Waals surface area contributed by atoms with E-state index in [1.165, 1.54) is 0 Å². The minimum atomic E-state index is 0.454. The molecule has 0 N–H and O–H groups in total. The van der Waals surface area contributed by atoms with E-state index in [4.69, 9.17) is 8.83 Å². The van der Waals surface area contributed by atoms with Gasteiger partial charge >= 0.3 is 0 Å². The van der Waals surface area contributed by atoms with Gasteiger partial charge in [0.1, 0.15) is 34.0 Å². The second-order valence-corrected chi connectivity index (χ2v) is 12.7. The number of rotatable bonds is 2. The first kappa shape index (κ1) is 26.8. The maximum Gasteiger partial charge on any atom is 0.136 e. The minimum absolute atomic E-state index is 0.454. The fraction of sp³-hybridized carbons (Fsp3) is 0. The van der Waals surface area contributed by atoms with E-state index < -0.39 is 0 Å². The summed E-state index contributed by atoms with van der Waals surface area (Å²) in [5.74, 6) is 0. The first-order chi connectivity index (χ1) is 24.7. The molecule has 230 valence electrons. The van der Waals surface area contributed by atoms with Crippen LogP contribution in [0.4, 0.5) is 0 Å². The maximum absolute atomic E-state index is 11.1. The van der Waals surface area contributed by atoms with Crippen LogP contribution in [-0.2, 0) is 0 Å². The number of fused-ring (bicyclic) bond motifs is 12. The van der Waals surface area contributed by atoms with Crippen molar-refractivity contribution >= 4 is 87.5 Å². The molecular weight excluding hydrogens is 617 g/mol. The van der Waals surface area contributed by atoms with Crippen LogP contribution in [0.1, 0.15) is 11.1 Å². The first-order valence-corrected chi connectivity index (χ1v) is 16.4. The highest BCUT2D eigenvalue weighted by Crippen LogP contribution is 2.42. The van der Waals surface area contributed by atoms with Crippen molar-refractivity contribution in [3.8, 4) is 23.5 Å². The number of benzene rings is 7. The molecule has 0 spiro atoms. The Morgan fingerprint density at radius 1 is 0.380 bits per heavy atom. The summed E-state index contributed by atoms with van der Waals surface area (Å²) in [5, 5.41) is 29.7. The van der Waals surface area contributed by atoms with Crippen LogP contribution in [0.25, 0.3) is 98.9 Å². The Morgan fingerprint density at radius 3 is 1.28 bits per heavy atom. The third-order valence-corrected chi connectivity index (χ3v) is 10.2. The summed E-state index contributed by atoms with van der Waals surface area (Å²) >= 11 is 0. The van der Waals surface area contributed by atoms with Crippen LogP contribution in [-0.4, -0.2) is 9.13 Å². The molecule has 4 aromatic heterocycles. The van der Waals surface area contributed by atoms with Crippen LogP contribution >= 0.6 is 0 Å². The van der Waals surface area contributed by atoms with E-state index in [2.05, 4.69) is 81.9 Å². The van der Waals surface area contributed by atoms with Crippen LogP contribution < -0.4 is 0 Å². The number of furan rings is 2. The van der Waals surface area contributed by atoms with Crippen LogP contribution in [0.15, 0.2) is 142 Å². The summed E-state index contributed by atoms with van der Waals surface area (Å²) in [6.45, 7) is 0. The van der Waals surface area contributed by atoms with Gasteiger partial charge in [-0.1, -0.05) is 72.8 Å². The lowest BCUT2D eigenvalue weighted by Crippen LogP contribution is -2.05. The van der Waals surface area contributed by atoms with Crippen molar-refractivity contribution in [3.63, 3.8) is 0 Å². The summed E-state index contributed by atoms with van der Waals surface area (Å²) in [7, 11) is 0. The van der Waals surface area contributed by atoms with Crippen molar-refractivity contribution in [1.29, 1.82) is 10.5 Å². The molecule has 50 heavy (non-hydrogen) atoms. The van der Waals surface area contributed by atoms with Crippen molar-refractivity contribution in [2.24, 2.45) is 0 Å². The normalized spacial score (nSPS) is 12.0. The third-order valence-electron chi connectivity index (χ3n) is 10.2. The molecule has 0 aliphatic heterocycles. The third kappa shape index (κ3) is 3.44. The molecule has 4 heterocycles. The summed E-state index contributed by atoms with van der Waals surface area (Å²) in [6, 6.07) is 49.6. The molecule has 0 radical (unpaired) electrons. The summed E-state index contributed by atoms with van der Waals surface area (Å²) in [6.07, 6.45) is 0. The van der Waals surface area contributed by atoms with Gasteiger partial charge in [-0.3, -0.25) is 0 Å². The summed E-state index contributed by atoms with van der Waals surface area (Å²) in [4.78, 5) is 0. The average molecular weight is 639 g/mol. The maximum atomic E-state index is 11.1. The molecular formula is C44H22N4O2. The monoisotopic (exact) mass is 638 g/mol. The molecule has 11 rings (SSSR count). The second kappa shape index (κ2) is 9.64. The fourth-order valence-electron chi connectivity index (χ4n) is 8.04. The number of nitrogens with zero attached hydrogens (tertiary/aromatic N) is 4. The Balaban J connectivity index is 1.29. The van der Waals surface area contributed by atoms with Gasteiger partial charge in [-0.15, -0.1) is 0 Å². The van der Waals surface area contributed by atoms with Gasteiger partial charge in [-0.25, -0.2) is 0 Å². The van der Waals surface area contributed by atoms with E-state index in [1.807, 2.05) is 72.8 Å². The van der Waals surface area contributed by atoms with Crippen LogP contribution in [0.2, 0.25) is 0 Å². The molecule has 11 aromatic rings. The molecule has 0 fully saturated rings. The molecule has 0 unspecified atom stereocenters. The zero-order valence-corrected chi connectivity index (χ0v) is 26.3. The first-order valence-electron chi connectivity index (χ1n) is 16.4. The van der Waals surface area contributed by atoms with Crippen molar-refractivity contribution in [2.75, 3.05) is 0 Å². The van der Waals surface area contributed by atoms with Gasteiger partial charge in [0.25, 0.3) is 0 Å². The minimum Gasteiger partial charge on any atom is -0.456 e. The molecule has 0 saturated carbocycles.